The molecule has 1 N–H and O–H groups in total. The van der Waals surface area contributed by atoms with Crippen LogP contribution in [0.1, 0.15) is 77.6 Å². The average molecular weight is 298 g/mol. The quantitative estimate of drug-likeness (QED) is 0.292. The maximum absolute atomic E-state index is 11.4. The summed E-state index contributed by atoms with van der Waals surface area (Å²) in [7, 11) is 0. The van der Waals surface area contributed by atoms with Crippen LogP contribution in [0.15, 0.2) is 12.2 Å². The van der Waals surface area contributed by atoms with E-state index in [2.05, 4.69) is 19.1 Å². The van der Waals surface area contributed by atoms with Gasteiger partial charge in [-0.15, -0.1) is 0 Å². The van der Waals surface area contributed by atoms with Gasteiger partial charge < -0.3 is 9.84 Å². The van der Waals surface area contributed by atoms with E-state index in [-0.39, 0.29) is 12.4 Å². The van der Waals surface area contributed by atoms with Gasteiger partial charge in [-0.2, -0.15) is 0 Å². The Labute approximate surface area is 128 Å². The van der Waals surface area contributed by atoms with E-state index in [1.54, 1.807) is 0 Å². The molecule has 0 aromatic heterocycles. The molecule has 0 bridgehead atoms. The average Bonchev–Trinajstić information content (AvgIpc) is 2.45. The van der Waals surface area contributed by atoms with E-state index in [4.69, 9.17) is 9.84 Å². The number of allylic oxidation sites excluding steroid dienone is 2. The molecule has 122 valence electrons. The van der Waals surface area contributed by atoms with Gasteiger partial charge in [-0.1, -0.05) is 38.3 Å². The SMILES string of the molecule is CCCCC/C=C\CCCOC(=O)CCCCCC(=O)O. The summed E-state index contributed by atoms with van der Waals surface area (Å²) in [6, 6.07) is 0. The van der Waals surface area contributed by atoms with Crippen molar-refractivity contribution in [3.8, 4) is 0 Å². The Morgan fingerprint density at radius 2 is 1.57 bits per heavy atom. The lowest BCUT2D eigenvalue weighted by atomic mass is 10.1. The fourth-order valence-electron chi connectivity index (χ4n) is 1.93. The van der Waals surface area contributed by atoms with E-state index in [1.807, 2.05) is 0 Å². The minimum Gasteiger partial charge on any atom is -0.481 e. The molecule has 0 aromatic carbocycles. The number of carbonyl (C=O) groups is 2. The first kappa shape index (κ1) is 19.7. The molecule has 0 radical (unpaired) electrons. The summed E-state index contributed by atoms with van der Waals surface area (Å²) in [5, 5.41) is 8.47. The molecule has 0 aliphatic rings. The Morgan fingerprint density at radius 1 is 0.905 bits per heavy atom. The largest absolute Gasteiger partial charge is 0.481 e. The molecule has 4 nitrogen and oxygen atoms in total. The van der Waals surface area contributed by atoms with E-state index in [1.165, 1.54) is 19.3 Å². The van der Waals surface area contributed by atoms with Crippen LogP contribution >= 0.6 is 0 Å². The van der Waals surface area contributed by atoms with Gasteiger partial charge in [-0.05, 0) is 38.5 Å². The lowest BCUT2D eigenvalue weighted by Gasteiger charge is -2.03. The Kier molecular flexibility index (Phi) is 14.1. The molecule has 0 aliphatic carbocycles. The van der Waals surface area contributed by atoms with Crippen LogP contribution in [0.4, 0.5) is 0 Å². The molecule has 0 rings (SSSR count). The highest BCUT2D eigenvalue weighted by Crippen LogP contribution is 2.05. The number of esters is 1. The first-order chi connectivity index (χ1) is 10.2. The Morgan fingerprint density at radius 3 is 2.24 bits per heavy atom. The van der Waals surface area contributed by atoms with Crippen LogP contribution < -0.4 is 0 Å². The summed E-state index contributed by atoms with van der Waals surface area (Å²) in [5.74, 6) is -0.947. The van der Waals surface area contributed by atoms with Crippen LogP contribution in [-0.4, -0.2) is 23.7 Å². The minimum absolute atomic E-state index is 0.169. The highest BCUT2D eigenvalue weighted by molar-refractivity contribution is 5.69. The van der Waals surface area contributed by atoms with Crippen molar-refractivity contribution in [2.24, 2.45) is 0 Å². The molecular formula is C17H30O4. The molecule has 0 atom stereocenters. The third-order valence-electron chi connectivity index (χ3n) is 3.19. The van der Waals surface area contributed by atoms with Gasteiger partial charge in [0.15, 0.2) is 0 Å². The lowest BCUT2D eigenvalue weighted by Crippen LogP contribution is -2.05. The van der Waals surface area contributed by atoms with E-state index < -0.39 is 5.97 Å². The zero-order valence-electron chi connectivity index (χ0n) is 13.3. The predicted octanol–water partition coefficient (Wildman–Crippen LogP) is 4.48. The summed E-state index contributed by atoms with van der Waals surface area (Å²) in [6.07, 6.45) is 13.8. The second kappa shape index (κ2) is 15.1. The van der Waals surface area contributed by atoms with Gasteiger partial charge in [0.05, 0.1) is 6.61 Å². The summed E-state index contributed by atoms with van der Waals surface area (Å²) >= 11 is 0. The van der Waals surface area contributed by atoms with E-state index in [0.29, 0.717) is 25.9 Å². The van der Waals surface area contributed by atoms with Gasteiger partial charge in [0.25, 0.3) is 0 Å². The van der Waals surface area contributed by atoms with Crippen LogP contribution in [0.5, 0.6) is 0 Å². The smallest absolute Gasteiger partial charge is 0.305 e. The van der Waals surface area contributed by atoms with Crippen molar-refractivity contribution in [1.82, 2.24) is 0 Å². The summed E-state index contributed by atoms with van der Waals surface area (Å²) in [6.45, 7) is 2.68. The van der Waals surface area contributed by atoms with Crippen molar-refractivity contribution >= 4 is 11.9 Å². The summed E-state index contributed by atoms with van der Waals surface area (Å²) < 4.78 is 5.13. The number of hydrogen-bond acceptors (Lipinski definition) is 3. The number of rotatable bonds is 14. The maximum Gasteiger partial charge on any atom is 0.305 e. The highest BCUT2D eigenvalue weighted by Gasteiger charge is 2.03. The zero-order chi connectivity index (χ0) is 15.8. The first-order valence-electron chi connectivity index (χ1n) is 8.19. The van der Waals surface area contributed by atoms with Crippen molar-refractivity contribution in [3.63, 3.8) is 0 Å². The van der Waals surface area contributed by atoms with Crippen LogP contribution in [0, 0.1) is 0 Å². The topological polar surface area (TPSA) is 63.6 Å². The molecule has 0 heterocycles. The van der Waals surface area contributed by atoms with E-state index in [0.717, 1.165) is 25.7 Å². The fourth-order valence-corrected chi connectivity index (χ4v) is 1.93. The standard InChI is InChI=1S/C17H30O4/c1-2-3-4-5-6-7-8-12-15-21-17(20)14-11-9-10-13-16(18)19/h6-7H,2-5,8-15H2,1H3,(H,18,19)/b7-6-. The normalized spacial score (nSPS) is 10.9. The van der Waals surface area contributed by atoms with Gasteiger partial charge in [0.1, 0.15) is 0 Å². The minimum atomic E-state index is -0.777. The third-order valence-corrected chi connectivity index (χ3v) is 3.19. The monoisotopic (exact) mass is 298 g/mol. The summed E-state index contributed by atoms with van der Waals surface area (Å²) in [4.78, 5) is 21.7. The van der Waals surface area contributed by atoms with Crippen molar-refractivity contribution < 1.29 is 19.4 Å². The Bertz CT molecular complexity index is 297. The number of carboxylic acids is 1. The van der Waals surface area contributed by atoms with Gasteiger partial charge in [0, 0.05) is 12.8 Å². The molecule has 0 spiro atoms. The van der Waals surface area contributed by atoms with Crippen molar-refractivity contribution in [2.75, 3.05) is 6.61 Å². The predicted molar refractivity (Wildman–Crippen MR) is 84.2 cm³/mol. The van der Waals surface area contributed by atoms with Crippen molar-refractivity contribution in [1.29, 1.82) is 0 Å². The van der Waals surface area contributed by atoms with Crippen LogP contribution in [0.3, 0.4) is 0 Å². The Hall–Kier alpha value is -1.32. The van der Waals surface area contributed by atoms with Crippen LogP contribution in [0.25, 0.3) is 0 Å². The molecule has 4 heteroatoms. The molecule has 0 saturated carbocycles. The van der Waals surface area contributed by atoms with Crippen LogP contribution in [0.2, 0.25) is 0 Å². The molecule has 0 aliphatic heterocycles. The van der Waals surface area contributed by atoms with Gasteiger partial charge in [-0.25, -0.2) is 0 Å². The van der Waals surface area contributed by atoms with Crippen molar-refractivity contribution in [3.05, 3.63) is 12.2 Å². The number of carboxylic acid groups (broad SMARTS) is 1. The lowest BCUT2D eigenvalue weighted by molar-refractivity contribution is -0.143. The van der Waals surface area contributed by atoms with Gasteiger partial charge in [-0.3, -0.25) is 9.59 Å². The zero-order valence-corrected chi connectivity index (χ0v) is 13.3. The van der Waals surface area contributed by atoms with Gasteiger partial charge >= 0.3 is 11.9 Å². The van der Waals surface area contributed by atoms with Crippen LogP contribution in [-0.2, 0) is 14.3 Å². The Balaban J connectivity index is 3.28. The van der Waals surface area contributed by atoms with Crippen molar-refractivity contribution in [2.45, 2.75) is 77.6 Å². The third kappa shape index (κ3) is 16.6. The van der Waals surface area contributed by atoms with Gasteiger partial charge in [0.2, 0.25) is 0 Å². The molecular weight excluding hydrogens is 268 g/mol. The fraction of sp³-hybridized carbons (Fsp3) is 0.765. The highest BCUT2D eigenvalue weighted by atomic mass is 16.5. The number of aliphatic carboxylic acids is 1. The summed E-state index contributed by atoms with van der Waals surface area (Å²) in [5.41, 5.74) is 0. The molecule has 0 amide bonds. The first-order valence-corrected chi connectivity index (χ1v) is 8.19. The molecule has 0 unspecified atom stereocenters. The molecule has 0 saturated heterocycles. The second-order valence-electron chi connectivity index (χ2n) is 5.28. The number of carbonyl (C=O) groups excluding carboxylic acids is 1. The number of unbranched alkanes of at least 4 members (excludes halogenated alkanes) is 6. The van der Waals surface area contributed by atoms with E-state index in [9.17, 15) is 9.59 Å². The maximum atomic E-state index is 11.4. The second-order valence-corrected chi connectivity index (χ2v) is 5.28. The molecule has 0 aromatic rings. The molecule has 0 fully saturated rings. The molecule has 21 heavy (non-hydrogen) atoms. The number of hydrogen-bond donors (Lipinski definition) is 1. The number of ether oxygens (including phenoxy) is 1. The van der Waals surface area contributed by atoms with E-state index >= 15 is 0 Å².